The fraction of sp³-hybridized carbons (Fsp3) is 0.267. The molecule has 3 aromatic rings. The van der Waals surface area contributed by atoms with Crippen molar-refractivity contribution in [2.45, 2.75) is 24.2 Å². The number of halogens is 3. The van der Waals surface area contributed by atoms with Crippen molar-refractivity contribution in [3.05, 3.63) is 34.7 Å². The van der Waals surface area contributed by atoms with E-state index in [9.17, 15) is 17.2 Å². The summed E-state index contributed by atoms with van der Waals surface area (Å²) in [5.41, 5.74) is 0.757. The Morgan fingerprint density at radius 1 is 1.33 bits per heavy atom. The van der Waals surface area contributed by atoms with E-state index in [-0.39, 0.29) is 29.6 Å². The molecule has 0 amide bonds. The average Bonchev–Trinajstić information content (AvgIpc) is 3.04. The molecule has 0 saturated heterocycles. The van der Waals surface area contributed by atoms with E-state index in [0.717, 1.165) is 0 Å². The van der Waals surface area contributed by atoms with E-state index in [2.05, 4.69) is 40.6 Å². The molecule has 27 heavy (non-hydrogen) atoms. The fourth-order valence-corrected chi connectivity index (χ4v) is 3.83. The van der Waals surface area contributed by atoms with Gasteiger partial charge in [-0.15, -0.1) is 0 Å². The molecule has 0 radical (unpaired) electrons. The van der Waals surface area contributed by atoms with E-state index in [1.807, 2.05) is 0 Å². The normalized spacial score (nSPS) is 11.9. The van der Waals surface area contributed by atoms with Gasteiger partial charge in [0.2, 0.25) is 18.3 Å². The average molecular weight is 462 g/mol. The Morgan fingerprint density at radius 2 is 2.11 bits per heavy atom. The van der Waals surface area contributed by atoms with Crippen molar-refractivity contribution < 1.29 is 21.9 Å². The predicted molar refractivity (Wildman–Crippen MR) is 97.5 cm³/mol. The largest absolute Gasteiger partial charge is 0.481 e. The molecule has 0 aliphatic heterocycles. The van der Waals surface area contributed by atoms with Gasteiger partial charge in [-0.2, -0.15) is 4.98 Å². The summed E-state index contributed by atoms with van der Waals surface area (Å²) in [5, 5.41) is 0.395. The Morgan fingerprint density at radius 3 is 2.81 bits per heavy atom. The standard InChI is InChI=1S/C15H14BrF2N5O3S/c1-26-14-8(2-5-12(17)18)6-20-15(22-14)23-27(24,25)10-7-19-13-9(10)3-4-11(16)21-13/h3-4,6-7,12H,2,5H2,1H3,(H,19,21)(H,20,22,23). The van der Waals surface area contributed by atoms with Gasteiger partial charge in [-0.05, 0) is 34.5 Å². The maximum Gasteiger partial charge on any atom is 0.266 e. The number of H-pyrrole nitrogens is 1. The van der Waals surface area contributed by atoms with Crippen molar-refractivity contribution in [1.82, 2.24) is 19.9 Å². The van der Waals surface area contributed by atoms with Gasteiger partial charge in [-0.1, -0.05) is 0 Å². The van der Waals surface area contributed by atoms with Crippen LogP contribution in [0, 0.1) is 0 Å². The summed E-state index contributed by atoms with van der Waals surface area (Å²) < 4.78 is 58.0. The lowest BCUT2D eigenvalue weighted by Crippen LogP contribution is -2.15. The van der Waals surface area contributed by atoms with Crippen LogP contribution >= 0.6 is 15.9 Å². The number of alkyl halides is 2. The lowest BCUT2D eigenvalue weighted by molar-refractivity contribution is 0.137. The molecule has 0 saturated carbocycles. The molecule has 2 N–H and O–H groups in total. The summed E-state index contributed by atoms with van der Waals surface area (Å²) in [6.45, 7) is 0. The highest BCUT2D eigenvalue weighted by molar-refractivity contribution is 9.10. The van der Waals surface area contributed by atoms with Gasteiger partial charge in [0.15, 0.2) is 0 Å². The molecule has 0 atom stereocenters. The van der Waals surface area contributed by atoms with E-state index in [1.165, 1.54) is 19.5 Å². The molecule has 0 fully saturated rings. The zero-order valence-corrected chi connectivity index (χ0v) is 16.3. The maximum atomic E-state index is 12.7. The Bertz CT molecular complexity index is 1070. The van der Waals surface area contributed by atoms with E-state index in [0.29, 0.717) is 21.2 Å². The van der Waals surface area contributed by atoms with Gasteiger partial charge in [0, 0.05) is 29.8 Å². The molecule has 8 nitrogen and oxygen atoms in total. The van der Waals surface area contributed by atoms with Gasteiger partial charge in [-0.3, -0.25) is 0 Å². The topological polar surface area (TPSA) is 110 Å². The van der Waals surface area contributed by atoms with Crippen molar-refractivity contribution in [3.8, 4) is 5.88 Å². The number of nitrogens with zero attached hydrogens (tertiary/aromatic N) is 3. The van der Waals surface area contributed by atoms with Crippen LogP contribution in [0.2, 0.25) is 0 Å². The van der Waals surface area contributed by atoms with Crippen LogP contribution in [-0.2, 0) is 16.4 Å². The molecule has 3 aromatic heterocycles. The van der Waals surface area contributed by atoms with Crippen LogP contribution in [0.15, 0.2) is 34.0 Å². The summed E-state index contributed by atoms with van der Waals surface area (Å²) in [7, 11) is -2.69. The second-order valence-electron chi connectivity index (χ2n) is 5.45. The lowest BCUT2D eigenvalue weighted by Gasteiger charge is -2.10. The molecule has 0 aliphatic carbocycles. The van der Waals surface area contributed by atoms with Crippen LogP contribution in [0.4, 0.5) is 14.7 Å². The number of hydrogen-bond acceptors (Lipinski definition) is 6. The number of fused-ring (bicyclic) bond motifs is 1. The number of aryl methyl sites for hydroxylation is 1. The Balaban J connectivity index is 1.88. The fourth-order valence-electron chi connectivity index (χ4n) is 2.41. The first-order valence-corrected chi connectivity index (χ1v) is 9.92. The molecular formula is C15H14BrF2N5O3S. The SMILES string of the molecule is COc1nc(NS(=O)(=O)c2c[nH]c3nc(Br)ccc23)ncc1CCC(F)F. The summed E-state index contributed by atoms with van der Waals surface area (Å²) >= 11 is 3.21. The van der Waals surface area contributed by atoms with E-state index in [4.69, 9.17) is 4.74 Å². The van der Waals surface area contributed by atoms with Gasteiger partial charge in [-0.25, -0.2) is 31.9 Å². The minimum atomic E-state index is -4.01. The zero-order valence-electron chi connectivity index (χ0n) is 13.9. The number of sulfonamides is 1. The number of hydrogen-bond donors (Lipinski definition) is 2. The van der Waals surface area contributed by atoms with Crippen LogP contribution in [0.3, 0.4) is 0 Å². The smallest absolute Gasteiger partial charge is 0.266 e. The number of aromatic nitrogens is 4. The van der Waals surface area contributed by atoms with E-state index < -0.39 is 16.4 Å². The molecule has 0 aromatic carbocycles. The predicted octanol–water partition coefficient (Wildman–Crippen LogP) is 3.12. The van der Waals surface area contributed by atoms with Gasteiger partial charge in [0.05, 0.1) is 7.11 Å². The molecule has 0 bridgehead atoms. The van der Waals surface area contributed by atoms with Crippen molar-refractivity contribution in [2.24, 2.45) is 0 Å². The van der Waals surface area contributed by atoms with Crippen LogP contribution in [-0.4, -0.2) is 41.9 Å². The third-order valence-corrected chi connectivity index (χ3v) is 5.44. The third-order valence-electron chi connectivity index (χ3n) is 3.63. The van der Waals surface area contributed by atoms with Gasteiger partial charge >= 0.3 is 0 Å². The minimum absolute atomic E-state index is 0.0108. The Labute approximate surface area is 161 Å². The molecule has 3 heterocycles. The molecule has 0 unspecified atom stereocenters. The summed E-state index contributed by atoms with van der Waals surface area (Å²) in [5.74, 6) is -0.194. The number of rotatable bonds is 7. The molecule has 0 aliphatic rings. The summed E-state index contributed by atoms with van der Waals surface area (Å²) in [6, 6.07) is 3.22. The van der Waals surface area contributed by atoms with Crippen molar-refractivity contribution in [2.75, 3.05) is 11.8 Å². The van der Waals surface area contributed by atoms with Crippen LogP contribution in [0.1, 0.15) is 12.0 Å². The van der Waals surface area contributed by atoms with Crippen LogP contribution in [0.25, 0.3) is 11.0 Å². The molecule has 144 valence electrons. The molecule has 3 rings (SSSR count). The molecule has 12 heteroatoms. The molecular weight excluding hydrogens is 448 g/mol. The monoisotopic (exact) mass is 461 g/mol. The highest BCUT2D eigenvalue weighted by Crippen LogP contribution is 2.25. The number of methoxy groups -OCH3 is 1. The highest BCUT2D eigenvalue weighted by Gasteiger charge is 2.22. The quantitative estimate of drug-likeness (QED) is 0.523. The van der Waals surface area contributed by atoms with Crippen LogP contribution < -0.4 is 9.46 Å². The second-order valence-corrected chi connectivity index (χ2v) is 7.91. The van der Waals surface area contributed by atoms with Crippen molar-refractivity contribution in [1.29, 1.82) is 0 Å². The van der Waals surface area contributed by atoms with Crippen LogP contribution in [0.5, 0.6) is 5.88 Å². The number of aromatic amines is 1. The lowest BCUT2D eigenvalue weighted by atomic mass is 10.2. The highest BCUT2D eigenvalue weighted by atomic mass is 79.9. The minimum Gasteiger partial charge on any atom is -0.481 e. The second kappa shape index (κ2) is 7.72. The van der Waals surface area contributed by atoms with Gasteiger partial charge < -0.3 is 9.72 Å². The molecule has 0 spiro atoms. The van der Waals surface area contributed by atoms with Crippen molar-refractivity contribution >= 4 is 42.9 Å². The van der Waals surface area contributed by atoms with Gasteiger partial charge in [0.1, 0.15) is 15.1 Å². The number of pyridine rings is 1. The maximum absolute atomic E-state index is 12.7. The summed E-state index contributed by atoms with van der Waals surface area (Å²) in [6.07, 6.45) is -0.261. The third kappa shape index (κ3) is 4.33. The first-order valence-electron chi connectivity index (χ1n) is 7.64. The Kier molecular flexibility index (Phi) is 5.56. The number of anilines is 1. The first-order chi connectivity index (χ1) is 12.8. The Hall–Kier alpha value is -2.34. The van der Waals surface area contributed by atoms with E-state index in [1.54, 1.807) is 12.1 Å². The number of nitrogens with one attached hydrogen (secondary N) is 2. The number of ether oxygens (including phenoxy) is 1. The first kappa shape index (κ1) is 19.4. The zero-order chi connectivity index (χ0) is 19.6. The van der Waals surface area contributed by atoms with Crippen molar-refractivity contribution in [3.63, 3.8) is 0 Å². The van der Waals surface area contributed by atoms with E-state index >= 15 is 0 Å². The van der Waals surface area contributed by atoms with Gasteiger partial charge in [0.25, 0.3) is 10.0 Å². The summed E-state index contributed by atoms with van der Waals surface area (Å²) in [4.78, 5) is 14.8.